The van der Waals surface area contributed by atoms with E-state index in [2.05, 4.69) is 42.5 Å². The van der Waals surface area contributed by atoms with Crippen molar-refractivity contribution in [2.75, 3.05) is 24.5 Å². The van der Waals surface area contributed by atoms with Crippen LogP contribution in [0.25, 0.3) is 10.8 Å². The van der Waals surface area contributed by atoms with Crippen molar-refractivity contribution >= 4 is 57.4 Å². The molecule has 2 fully saturated rings. The van der Waals surface area contributed by atoms with Crippen LogP contribution in [0.4, 0.5) is 5.69 Å². The van der Waals surface area contributed by atoms with Gasteiger partial charge in [-0.2, -0.15) is 0 Å². The summed E-state index contributed by atoms with van der Waals surface area (Å²) in [5.74, 6) is -0.861. The number of rotatable bonds is 8. The Balaban J connectivity index is 1.26. The number of fused-ring (bicyclic) bond motifs is 1. The Labute approximate surface area is 298 Å². The van der Waals surface area contributed by atoms with Gasteiger partial charge in [-0.1, -0.05) is 95.5 Å². The molecule has 0 aliphatic carbocycles. The quantitative estimate of drug-likeness (QED) is 0.186. The molecule has 0 bridgehead atoms. The lowest BCUT2D eigenvalue weighted by atomic mass is 9.76. The Morgan fingerprint density at radius 3 is 2.49 bits per heavy atom. The Morgan fingerprint density at radius 1 is 0.939 bits per heavy atom. The molecule has 6 nitrogen and oxygen atoms in total. The maximum atomic E-state index is 14.2. The second kappa shape index (κ2) is 15.2. The topological polar surface area (TPSA) is 77.9 Å². The van der Waals surface area contributed by atoms with Crippen molar-refractivity contribution in [3.63, 3.8) is 0 Å². The molecule has 2 atom stereocenters. The highest BCUT2D eigenvalue weighted by atomic mass is 35.5. The molecule has 2 saturated heterocycles. The van der Waals surface area contributed by atoms with Crippen molar-refractivity contribution in [3.05, 3.63) is 123 Å². The molecule has 4 aromatic rings. The molecule has 254 valence electrons. The molecular formula is C41H42Cl2N2O4. The number of likely N-dealkylation sites (tertiary alicyclic amines) is 1. The van der Waals surface area contributed by atoms with Gasteiger partial charge in [0.05, 0.1) is 6.42 Å². The molecule has 2 amide bonds. The summed E-state index contributed by atoms with van der Waals surface area (Å²) >= 11 is 12.6. The van der Waals surface area contributed by atoms with Crippen molar-refractivity contribution in [1.29, 1.82) is 0 Å². The zero-order chi connectivity index (χ0) is 34.5. The fraction of sp³-hybridized carbons (Fsp3) is 0.341. The molecule has 49 heavy (non-hydrogen) atoms. The normalized spacial score (nSPS) is 21.1. The summed E-state index contributed by atoms with van der Waals surface area (Å²) in [6.45, 7) is 3.37. The van der Waals surface area contributed by atoms with Crippen LogP contribution in [0.15, 0.2) is 96.6 Å². The van der Waals surface area contributed by atoms with E-state index in [0.29, 0.717) is 59.6 Å². The van der Waals surface area contributed by atoms with Crippen molar-refractivity contribution in [2.24, 2.45) is 5.41 Å². The van der Waals surface area contributed by atoms with E-state index in [1.165, 1.54) is 16.3 Å². The number of halogens is 2. The number of carboxylic acids is 1. The van der Waals surface area contributed by atoms with Gasteiger partial charge in [0, 0.05) is 52.8 Å². The average Bonchev–Trinajstić information content (AvgIpc) is 3.40. The number of aliphatic carboxylic acids is 1. The SMILES string of the molecule is Cc1ccc(N2CC(CC(=O)O)(CC(=O)N3CCCC(c4cccc5ccccc45)CC3)CC/C(=C/Cc3ccc(Cl)cc3Cl)C2=O)cc1. The first-order chi connectivity index (χ1) is 23.6. The fourth-order valence-corrected chi connectivity index (χ4v) is 8.06. The first kappa shape index (κ1) is 34.7. The number of aryl methyl sites for hydroxylation is 1. The highest BCUT2D eigenvalue weighted by molar-refractivity contribution is 6.35. The average molecular weight is 698 g/mol. The third kappa shape index (κ3) is 8.20. The molecule has 8 heteroatoms. The summed E-state index contributed by atoms with van der Waals surface area (Å²) in [7, 11) is 0. The van der Waals surface area contributed by atoms with Crippen LogP contribution in [0.2, 0.25) is 10.0 Å². The van der Waals surface area contributed by atoms with Crippen LogP contribution < -0.4 is 4.90 Å². The van der Waals surface area contributed by atoms with Gasteiger partial charge in [0.2, 0.25) is 5.91 Å². The van der Waals surface area contributed by atoms with E-state index < -0.39 is 11.4 Å². The number of nitrogens with zero attached hydrogens (tertiary/aromatic N) is 2. The van der Waals surface area contributed by atoms with Crippen LogP contribution in [0, 0.1) is 12.3 Å². The van der Waals surface area contributed by atoms with Gasteiger partial charge < -0.3 is 14.9 Å². The van der Waals surface area contributed by atoms with Gasteiger partial charge in [0.15, 0.2) is 0 Å². The van der Waals surface area contributed by atoms with E-state index in [1.807, 2.05) is 48.2 Å². The molecular weight excluding hydrogens is 655 g/mol. The monoisotopic (exact) mass is 696 g/mol. The van der Waals surface area contributed by atoms with Crippen LogP contribution in [0.3, 0.4) is 0 Å². The van der Waals surface area contributed by atoms with E-state index in [4.69, 9.17) is 23.2 Å². The van der Waals surface area contributed by atoms with Gasteiger partial charge >= 0.3 is 5.97 Å². The summed E-state index contributed by atoms with van der Waals surface area (Å²) in [4.78, 5) is 44.5. The lowest BCUT2D eigenvalue weighted by molar-refractivity contribution is -0.141. The minimum absolute atomic E-state index is 0.0449. The number of carbonyl (C=O) groups excluding carboxylic acids is 2. The van der Waals surface area contributed by atoms with Crippen LogP contribution in [-0.4, -0.2) is 47.4 Å². The number of anilines is 1. The molecule has 2 aliphatic heterocycles. The maximum absolute atomic E-state index is 14.2. The molecule has 0 radical (unpaired) electrons. The van der Waals surface area contributed by atoms with Crippen LogP contribution in [0.1, 0.15) is 67.6 Å². The number of carboxylic acid groups (broad SMARTS) is 1. The Morgan fingerprint density at radius 2 is 1.71 bits per heavy atom. The van der Waals surface area contributed by atoms with Gasteiger partial charge in [0.25, 0.3) is 5.91 Å². The van der Waals surface area contributed by atoms with Crippen molar-refractivity contribution in [1.82, 2.24) is 4.90 Å². The van der Waals surface area contributed by atoms with Gasteiger partial charge in [-0.05, 0) is 97.5 Å². The van der Waals surface area contributed by atoms with Crippen molar-refractivity contribution in [2.45, 2.75) is 64.2 Å². The molecule has 2 unspecified atom stereocenters. The number of allylic oxidation sites excluding steroid dienone is 1. The molecule has 4 aromatic carbocycles. The number of hydrogen-bond donors (Lipinski definition) is 1. The summed E-state index contributed by atoms with van der Waals surface area (Å²) in [6.07, 6.45) is 5.62. The summed E-state index contributed by atoms with van der Waals surface area (Å²) in [5.41, 5.74) is 3.53. The van der Waals surface area contributed by atoms with E-state index in [0.717, 1.165) is 30.4 Å². The summed E-state index contributed by atoms with van der Waals surface area (Å²) in [5, 5.41) is 13.7. The van der Waals surface area contributed by atoms with Gasteiger partial charge in [-0.15, -0.1) is 0 Å². The van der Waals surface area contributed by atoms with Crippen LogP contribution >= 0.6 is 23.2 Å². The van der Waals surface area contributed by atoms with Crippen LogP contribution in [-0.2, 0) is 20.8 Å². The lowest BCUT2D eigenvalue weighted by Gasteiger charge is -2.36. The number of carbonyl (C=O) groups is 3. The van der Waals surface area contributed by atoms with Crippen molar-refractivity contribution < 1.29 is 19.5 Å². The molecule has 2 heterocycles. The van der Waals surface area contributed by atoms with E-state index in [-0.39, 0.29) is 31.2 Å². The zero-order valence-electron chi connectivity index (χ0n) is 27.8. The summed E-state index contributed by atoms with van der Waals surface area (Å²) in [6, 6.07) is 27.9. The van der Waals surface area contributed by atoms with E-state index in [1.54, 1.807) is 17.0 Å². The molecule has 0 saturated carbocycles. The third-order valence-corrected chi connectivity index (χ3v) is 10.9. The van der Waals surface area contributed by atoms with Gasteiger partial charge in [-0.25, -0.2) is 0 Å². The Hall–Kier alpha value is -4.13. The second-order valence-corrected chi connectivity index (χ2v) is 14.6. The minimum Gasteiger partial charge on any atom is -0.481 e. The molecule has 0 spiro atoms. The molecule has 1 N–H and O–H groups in total. The van der Waals surface area contributed by atoms with Crippen molar-refractivity contribution in [3.8, 4) is 0 Å². The third-order valence-electron chi connectivity index (χ3n) is 10.3. The predicted molar refractivity (Wildman–Crippen MR) is 197 cm³/mol. The number of benzene rings is 4. The van der Waals surface area contributed by atoms with Gasteiger partial charge in [-0.3, -0.25) is 14.4 Å². The predicted octanol–water partition coefficient (Wildman–Crippen LogP) is 9.40. The maximum Gasteiger partial charge on any atom is 0.303 e. The fourth-order valence-electron chi connectivity index (χ4n) is 7.58. The Kier molecular flexibility index (Phi) is 10.8. The highest BCUT2D eigenvalue weighted by Crippen LogP contribution is 2.41. The lowest BCUT2D eigenvalue weighted by Crippen LogP contribution is -2.44. The molecule has 0 aromatic heterocycles. The first-order valence-corrected chi connectivity index (χ1v) is 17.9. The standard InChI is InChI=1S/C41H42Cl2N2O4/c1-28-11-17-34(18-12-28)45-27-41(26-39(47)48,21-19-32(40(45)49)14-13-31-15-16-33(42)24-37(31)43)25-38(46)44-22-5-8-30(20-23-44)36-10-4-7-29-6-2-3-9-35(29)36/h2-4,6-7,9-12,14-18,24,30H,5,8,13,19-23,25-27H2,1H3,(H,47,48)/b32-14-. The molecule has 6 rings (SSSR count). The highest BCUT2D eigenvalue weighted by Gasteiger charge is 2.43. The largest absolute Gasteiger partial charge is 0.481 e. The summed E-state index contributed by atoms with van der Waals surface area (Å²) < 4.78 is 0. The number of amides is 2. The Bertz CT molecular complexity index is 1880. The molecule has 2 aliphatic rings. The van der Waals surface area contributed by atoms with Crippen LogP contribution in [0.5, 0.6) is 0 Å². The van der Waals surface area contributed by atoms with E-state index >= 15 is 0 Å². The first-order valence-electron chi connectivity index (χ1n) is 17.1. The second-order valence-electron chi connectivity index (χ2n) is 13.7. The zero-order valence-corrected chi connectivity index (χ0v) is 29.3. The minimum atomic E-state index is -0.976. The smallest absolute Gasteiger partial charge is 0.303 e. The van der Waals surface area contributed by atoms with Gasteiger partial charge in [0.1, 0.15) is 0 Å². The number of hydrogen-bond acceptors (Lipinski definition) is 3. The van der Waals surface area contributed by atoms with E-state index in [9.17, 15) is 19.5 Å².